The first-order valence-electron chi connectivity index (χ1n) is 8.93. The normalized spacial score (nSPS) is 19.7. The Kier molecular flexibility index (Phi) is 5.48. The lowest BCUT2D eigenvalue weighted by atomic mass is 9.82. The molecular formula is C19H20F4N2O4S. The Labute approximate surface area is 171 Å². The van der Waals surface area contributed by atoms with Crippen molar-refractivity contribution < 1.29 is 35.5 Å². The monoisotopic (exact) mass is 448 g/mol. The van der Waals surface area contributed by atoms with E-state index >= 15 is 0 Å². The van der Waals surface area contributed by atoms with Gasteiger partial charge in [0.05, 0.1) is 11.4 Å². The van der Waals surface area contributed by atoms with Gasteiger partial charge in [0, 0.05) is 12.6 Å². The number of halogens is 4. The maximum Gasteiger partial charge on any atom is 0.573 e. The summed E-state index contributed by atoms with van der Waals surface area (Å²) < 4.78 is 88.6. The summed E-state index contributed by atoms with van der Waals surface area (Å²) >= 11 is 0. The van der Waals surface area contributed by atoms with Crippen molar-refractivity contribution in [3.05, 3.63) is 53.6 Å². The van der Waals surface area contributed by atoms with Crippen molar-refractivity contribution in [2.24, 2.45) is 0 Å². The van der Waals surface area contributed by atoms with Gasteiger partial charge in [-0.05, 0) is 50.6 Å². The first-order valence-corrected chi connectivity index (χ1v) is 10.4. The molecule has 0 radical (unpaired) electrons. The van der Waals surface area contributed by atoms with Gasteiger partial charge in [0.15, 0.2) is 11.6 Å². The van der Waals surface area contributed by atoms with E-state index in [1.165, 1.54) is 33.0 Å². The molecule has 6 nitrogen and oxygen atoms in total. The molecule has 3 rings (SSSR count). The SMILES string of the molecule is CC(C)(C)S(=O)(=O)NC1(c2ccc(OC(F)(F)F)c(F)c2)CCOc2cccnc21. The zero-order chi connectivity index (χ0) is 22.4. The number of nitrogens with one attached hydrogen (secondary N) is 1. The molecule has 2 aromatic rings. The molecule has 2 heterocycles. The van der Waals surface area contributed by atoms with Crippen LogP contribution in [-0.2, 0) is 15.6 Å². The van der Waals surface area contributed by atoms with E-state index in [1.807, 2.05) is 0 Å². The zero-order valence-corrected chi connectivity index (χ0v) is 17.2. The fourth-order valence-corrected chi connectivity index (χ4v) is 4.14. The molecule has 1 N–H and O–H groups in total. The zero-order valence-electron chi connectivity index (χ0n) is 16.4. The van der Waals surface area contributed by atoms with Gasteiger partial charge in [-0.25, -0.2) is 12.8 Å². The molecule has 30 heavy (non-hydrogen) atoms. The Bertz CT molecular complexity index is 1050. The Balaban J connectivity index is 2.19. The fourth-order valence-electron chi connectivity index (χ4n) is 3.06. The van der Waals surface area contributed by atoms with Crippen LogP contribution in [0.4, 0.5) is 17.6 Å². The minimum Gasteiger partial charge on any atom is -0.491 e. The molecular weight excluding hydrogens is 428 g/mol. The minimum atomic E-state index is -5.07. The number of hydrogen-bond donors (Lipinski definition) is 1. The Hall–Kier alpha value is -2.40. The molecule has 1 aliphatic heterocycles. The maximum atomic E-state index is 14.5. The van der Waals surface area contributed by atoms with Gasteiger partial charge >= 0.3 is 6.36 Å². The highest BCUT2D eigenvalue weighted by Crippen LogP contribution is 2.43. The predicted molar refractivity (Wildman–Crippen MR) is 100 cm³/mol. The summed E-state index contributed by atoms with van der Waals surface area (Å²) in [5.41, 5.74) is -1.28. The molecule has 11 heteroatoms. The van der Waals surface area contributed by atoms with Crippen LogP contribution in [0.3, 0.4) is 0 Å². The van der Waals surface area contributed by atoms with Crippen LogP contribution in [0.15, 0.2) is 36.5 Å². The second-order valence-corrected chi connectivity index (χ2v) is 10.2. The highest BCUT2D eigenvalue weighted by Gasteiger charge is 2.47. The van der Waals surface area contributed by atoms with Gasteiger partial charge in [0.25, 0.3) is 0 Å². The molecule has 1 aromatic carbocycles. The van der Waals surface area contributed by atoms with Gasteiger partial charge in [0.1, 0.15) is 17.0 Å². The quantitative estimate of drug-likeness (QED) is 0.719. The predicted octanol–water partition coefficient (Wildman–Crippen LogP) is 3.86. The number of sulfonamides is 1. The third kappa shape index (κ3) is 4.22. The van der Waals surface area contributed by atoms with E-state index in [4.69, 9.17) is 4.74 Å². The van der Waals surface area contributed by atoms with Crippen LogP contribution in [0.25, 0.3) is 0 Å². The molecule has 1 aromatic heterocycles. The van der Waals surface area contributed by atoms with Crippen LogP contribution < -0.4 is 14.2 Å². The van der Waals surface area contributed by atoms with Crippen LogP contribution in [-0.4, -0.2) is 31.1 Å². The lowest BCUT2D eigenvalue weighted by Gasteiger charge is -2.40. The molecule has 1 atom stereocenters. The summed E-state index contributed by atoms with van der Waals surface area (Å²) in [5, 5.41) is 0. The Morgan fingerprint density at radius 1 is 1.20 bits per heavy atom. The van der Waals surface area contributed by atoms with Crippen molar-refractivity contribution in [2.75, 3.05) is 6.61 Å². The summed E-state index contributed by atoms with van der Waals surface area (Å²) in [6.45, 7) is 4.54. The molecule has 0 aliphatic carbocycles. The van der Waals surface area contributed by atoms with E-state index in [9.17, 15) is 26.0 Å². The van der Waals surface area contributed by atoms with Gasteiger partial charge < -0.3 is 9.47 Å². The summed E-state index contributed by atoms with van der Waals surface area (Å²) in [6, 6.07) is 5.98. The van der Waals surface area contributed by atoms with E-state index in [0.29, 0.717) is 0 Å². The minimum absolute atomic E-state index is 0.0469. The lowest BCUT2D eigenvalue weighted by Crippen LogP contribution is -2.54. The summed E-state index contributed by atoms with van der Waals surface area (Å²) in [4.78, 5) is 4.24. The van der Waals surface area contributed by atoms with E-state index < -0.39 is 38.2 Å². The second-order valence-electron chi connectivity index (χ2n) is 7.76. The molecule has 0 fully saturated rings. The first-order chi connectivity index (χ1) is 13.8. The van der Waals surface area contributed by atoms with Crippen LogP contribution in [0, 0.1) is 5.82 Å². The number of fused-ring (bicyclic) bond motifs is 1. The van der Waals surface area contributed by atoms with E-state index in [-0.39, 0.29) is 30.0 Å². The van der Waals surface area contributed by atoms with Gasteiger partial charge in [-0.2, -0.15) is 4.72 Å². The van der Waals surface area contributed by atoms with Gasteiger partial charge in [-0.1, -0.05) is 6.07 Å². The second kappa shape index (κ2) is 7.38. The average molecular weight is 448 g/mol. The van der Waals surface area contributed by atoms with E-state index in [2.05, 4.69) is 14.4 Å². The van der Waals surface area contributed by atoms with Crippen LogP contribution in [0.1, 0.15) is 38.4 Å². The smallest absolute Gasteiger partial charge is 0.491 e. The number of nitrogens with zero attached hydrogens (tertiary/aromatic N) is 1. The van der Waals surface area contributed by atoms with Crippen LogP contribution in [0.5, 0.6) is 11.5 Å². The molecule has 1 aliphatic rings. The molecule has 1 unspecified atom stereocenters. The third-order valence-corrected chi connectivity index (χ3v) is 6.90. The molecule has 0 saturated heterocycles. The molecule has 0 amide bonds. The first kappa shape index (κ1) is 22.3. The van der Waals surface area contributed by atoms with Crippen molar-refractivity contribution in [3.63, 3.8) is 0 Å². The van der Waals surface area contributed by atoms with Crippen molar-refractivity contribution in [3.8, 4) is 11.5 Å². The van der Waals surface area contributed by atoms with Crippen molar-refractivity contribution >= 4 is 10.0 Å². The van der Waals surface area contributed by atoms with Crippen molar-refractivity contribution in [2.45, 2.75) is 43.8 Å². The fraction of sp³-hybridized carbons (Fsp3) is 0.421. The Morgan fingerprint density at radius 3 is 2.50 bits per heavy atom. The summed E-state index contributed by atoms with van der Waals surface area (Å²) in [7, 11) is -3.98. The van der Waals surface area contributed by atoms with Crippen molar-refractivity contribution in [1.29, 1.82) is 0 Å². The average Bonchev–Trinajstić information content (AvgIpc) is 2.61. The number of hydrogen-bond acceptors (Lipinski definition) is 5. The molecule has 0 bridgehead atoms. The van der Waals surface area contributed by atoms with Crippen LogP contribution in [0.2, 0.25) is 0 Å². The maximum absolute atomic E-state index is 14.5. The van der Waals surface area contributed by atoms with E-state index in [0.717, 1.165) is 12.1 Å². The number of pyridine rings is 1. The largest absolute Gasteiger partial charge is 0.573 e. The topological polar surface area (TPSA) is 77.5 Å². The highest BCUT2D eigenvalue weighted by atomic mass is 32.2. The highest BCUT2D eigenvalue weighted by molar-refractivity contribution is 7.90. The van der Waals surface area contributed by atoms with Crippen LogP contribution >= 0.6 is 0 Å². The molecule has 0 saturated carbocycles. The third-order valence-electron chi connectivity index (χ3n) is 4.67. The molecule has 0 spiro atoms. The summed E-state index contributed by atoms with van der Waals surface area (Å²) in [5.74, 6) is -2.02. The number of aromatic nitrogens is 1. The van der Waals surface area contributed by atoms with Crippen molar-refractivity contribution in [1.82, 2.24) is 9.71 Å². The van der Waals surface area contributed by atoms with Gasteiger partial charge in [0.2, 0.25) is 10.0 Å². The molecule has 164 valence electrons. The van der Waals surface area contributed by atoms with E-state index in [1.54, 1.807) is 12.1 Å². The van der Waals surface area contributed by atoms with Gasteiger partial charge in [-0.3, -0.25) is 4.98 Å². The van der Waals surface area contributed by atoms with Gasteiger partial charge in [-0.15, -0.1) is 13.2 Å². The number of benzene rings is 1. The standard InChI is InChI=1S/C19H20F4N2O4S/c1-17(2,3)30(26,27)25-18(8-10-28-15-5-4-9-24-16(15)18)12-6-7-14(13(20)11-12)29-19(21,22)23/h4-7,9,11,25H,8,10H2,1-3H3. The summed E-state index contributed by atoms with van der Waals surface area (Å²) in [6.07, 6.45) is -3.60. The number of alkyl halides is 3. The number of rotatable bonds is 4. The Morgan fingerprint density at radius 2 is 1.90 bits per heavy atom. The number of ether oxygens (including phenoxy) is 2. The lowest BCUT2D eigenvalue weighted by molar-refractivity contribution is -0.275.